The van der Waals surface area contributed by atoms with Crippen LogP contribution in [0.1, 0.15) is 27.2 Å². The highest BCUT2D eigenvalue weighted by Crippen LogP contribution is 2.17. The number of carbonyl (C=O) groups is 1. The van der Waals surface area contributed by atoms with Gasteiger partial charge in [0.05, 0.1) is 0 Å². The van der Waals surface area contributed by atoms with E-state index in [1.54, 1.807) is 0 Å². The molecule has 2 unspecified atom stereocenters. The maximum atomic E-state index is 11.4. The molecule has 1 heterocycles. The molecule has 1 aliphatic heterocycles. The Hall–Kier alpha value is -0.570. The molecular weight excluding hydrogens is 152 g/mol. The SMILES string of the molecule is CC(C)C(C)N1CC(N)CC1=O. The molecule has 0 bridgehead atoms. The standard InChI is InChI=1S/C9H18N2O/c1-6(2)7(3)11-5-8(10)4-9(11)12/h6-8H,4-5,10H2,1-3H3. The Kier molecular flexibility index (Phi) is 2.73. The molecule has 70 valence electrons. The minimum absolute atomic E-state index is 0.0544. The number of carbonyl (C=O) groups excluding carboxylic acids is 1. The molecule has 0 aromatic rings. The lowest BCUT2D eigenvalue weighted by molar-refractivity contribution is -0.130. The summed E-state index contributed by atoms with van der Waals surface area (Å²) < 4.78 is 0. The zero-order valence-corrected chi connectivity index (χ0v) is 8.08. The predicted octanol–water partition coefficient (Wildman–Crippen LogP) is 0.590. The molecular formula is C9H18N2O. The average molecular weight is 170 g/mol. The summed E-state index contributed by atoms with van der Waals surface area (Å²) in [6.45, 7) is 7.07. The summed E-state index contributed by atoms with van der Waals surface area (Å²) in [5.41, 5.74) is 5.69. The fourth-order valence-corrected chi connectivity index (χ4v) is 1.51. The number of hydrogen-bond acceptors (Lipinski definition) is 2. The summed E-state index contributed by atoms with van der Waals surface area (Å²) in [6, 6.07) is 0.379. The molecule has 0 saturated carbocycles. The third-order valence-electron chi connectivity index (χ3n) is 2.64. The summed E-state index contributed by atoms with van der Waals surface area (Å²) in [6.07, 6.45) is 0.525. The maximum absolute atomic E-state index is 11.4. The van der Waals surface area contributed by atoms with Crippen LogP contribution in [0.3, 0.4) is 0 Å². The van der Waals surface area contributed by atoms with Crippen molar-refractivity contribution in [2.75, 3.05) is 6.54 Å². The Morgan fingerprint density at radius 2 is 2.08 bits per heavy atom. The predicted molar refractivity (Wildman–Crippen MR) is 48.6 cm³/mol. The highest BCUT2D eigenvalue weighted by Gasteiger charge is 2.31. The van der Waals surface area contributed by atoms with Crippen LogP contribution >= 0.6 is 0 Å². The van der Waals surface area contributed by atoms with Gasteiger partial charge in [0.2, 0.25) is 5.91 Å². The Bertz CT molecular complexity index is 179. The molecule has 12 heavy (non-hydrogen) atoms. The molecule has 1 saturated heterocycles. The van der Waals surface area contributed by atoms with Gasteiger partial charge >= 0.3 is 0 Å². The van der Waals surface area contributed by atoms with Crippen LogP contribution in [0.4, 0.5) is 0 Å². The van der Waals surface area contributed by atoms with Crippen LogP contribution in [0.2, 0.25) is 0 Å². The molecule has 1 aliphatic rings. The van der Waals surface area contributed by atoms with Crippen LogP contribution in [0.5, 0.6) is 0 Å². The van der Waals surface area contributed by atoms with Crippen molar-refractivity contribution in [1.29, 1.82) is 0 Å². The van der Waals surface area contributed by atoms with Crippen molar-refractivity contribution in [3.63, 3.8) is 0 Å². The third kappa shape index (κ3) is 1.78. The molecule has 0 aromatic carbocycles. The van der Waals surface area contributed by atoms with Gasteiger partial charge in [-0.05, 0) is 12.8 Å². The maximum Gasteiger partial charge on any atom is 0.224 e. The normalized spacial score (nSPS) is 26.9. The first-order chi connectivity index (χ1) is 5.52. The van der Waals surface area contributed by atoms with Gasteiger partial charge in [0.1, 0.15) is 0 Å². The highest BCUT2D eigenvalue weighted by molar-refractivity contribution is 5.79. The molecule has 0 spiro atoms. The number of hydrogen-bond donors (Lipinski definition) is 1. The Morgan fingerprint density at radius 1 is 1.50 bits per heavy atom. The second-order valence-electron chi connectivity index (χ2n) is 3.99. The van der Waals surface area contributed by atoms with E-state index in [9.17, 15) is 4.79 Å². The van der Waals surface area contributed by atoms with Crippen molar-refractivity contribution in [2.45, 2.75) is 39.3 Å². The van der Waals surface area contributed by atoms with E-state index in [2.05, 4.69) is 20.8 Å². The van der Waals surface area contributed by atoms with Gasteiger partial charge in [-0.2, -0.15) is 0 Å². The lowest BCUT2D eigenvalue weighted by Crippen LogP contribution is -2.39. The van der Waals surface area contributed by atoms with Gasteiger partial charge in [-0.25, -0.2) is 0 Å². The average Bonchev–Trinajstić information content (AvgIpc) is 2.28. The molecule has 0 aliphatic carbocycles. The Balaban J connectivity index is 2.58. The zero-order valence-electron chi connectivity index (χ0n) is 8.08. The number of rotatable bonds is 2. The van der Waals surface area contributed by atoms with E-state index >= 15 is 0 Å². The van der Waals surface area contributed by atoms with E-state index in [1.165, 1.54) is 0 Å². The van der Waals surface area contributed by atoms with Crippen molar-refractivity contribution in [1.82, 2.24) is 4.90 Å². The minimum atomic E-state index is 0.0544. The van der Waals surface area contributed by atoms with Crippen LogP contribution in [-0.2, 0) is 4.79 Å². The Morgan fingerprint density at radius 3 is 2.42 bits per heavy atom. The second kappa shape index (κ2) is 3.44. The lowest BCUT2D eigenvalue weighted by Gasteiger charge is -2.27. The first-order valence-electron chi connectivity index (χ1n) is 4.57. The number of nitrogens with two attached hydrogens (primary N) is 1. The van der Waals surface area contributed by atoms with Gasteiger partial charge in [-0.15, -0.1) is 0 Å². The quantitative estimate of drug-likeness (QED) is 0.659. The fourth-order valence-electron chi connectivity index (χ4n) is 1.51. The minimum Gasteiger partial charge on any atom is -0.338 e. The molecule has 1 fully saturated rings. The summed E-state index contributed by atoms with van der Waals surface area (Å²) in [5.74, 6) is 0.725. The zero-order chi connectivity index (χ0) is 9.30. The van der Waals surface area contributed by atoms with E-state index in [1.807, 2.05) is 4.90 Å². The molecule has 3 heteroatoms. The first kappa shape index (κ1) is 9.52. The molecule has 0 radical (unpaired) electrons. The molecule has 3 nitrogen and oxygen atoms in total. The summed E-state index contributed by atoms with van der Waals surface area (Å²) >= 11 is 0. The van der Waals surface area contributed by atoms with Gasteiger partial charge in [0.15, 0.2) is 0 Å². The molecule has 1 amide bonds. The monoisotopic (exact) mass is 170 g/mol. The molecule has 2 atom stereocenters. The van der Waals surface area contributed by atoms with Gasteiger partial charge in [0, 0.05) is 25.0 Å². The van der Waals surface area contributed by atoms with Gasteiger partial charge in [-0.3, -0.25) is 4.79 Å². The van der Waals surface area contributed by atoms with Crippen LogP contribution in [0, 0.1) is 5.92 Å². The van der Waals surface area contributed by atoms with E-state index in [0.717, 1.165) is 6.54 Å². The summed E-state index contributed by atoms with van der Waals surface area (Å²) in [4.78, 5) is 13.3. The summed E-state index contributed by atoms with van der Waals surface area (Å²) in [7, 11) is 0. The van der Waals surface area contributed by atoms with Crippen molar-refractivity contribution >= 4 is 5.91 Å². The topological polar surface area (TPSA) is 46.3 Å². The van der Waals surface area contributed by atoms with E-state index < -0.39 is 0 Å². The van der Waals surface area contributed by atoms with Crippen LogP contribution in [-0.4, -0.2) is 29.4 Å². The van der Waals surface area contributed by atoms with Crippen molar-refractivity contribution < 1.29 is 4.79 Å². The molecule has 2 N–H and O–H groups in total. The third-order valence-corrected chi connectivity index (χ3v) is 2.64. The van der Waals surface area contributed by atoms with Crippen molar-refractivity contribution in [2.24, 2.45) is 11.7 Å². The smallest absolute Gasteiger partial charge is 0.224 e. The van der Waals surface area contributed by atoms with Gasteiger partial charge in [-0.1, -0.05) is 13.8 Å². The van der Waals surface area contributed by atoms with Crippen LogP contribution in [0.15, 0.2) is 0 Å². The molecule has 0 aromatic heterocycles. The van der Waals surface area contributed by atoms with Crippen LogP contribution < -0.4 is 5.73 Å². The number of nitrogens with zero attached hydrogens (tertiary/aromatic N) is 1. The van der Waals surface area contributed by atoms with Crippen molar-refractivity contribution in [3.8, 4) is 0 Å². The lowest BCUT2D eigenvalue weighted by atomic mass is 10.1. The summed E-state index contributed by atoms with van der Waals surface area (Å²) in [5, 5.41) is 0. The number of amides is 1. The highest BCUT2D eigenvalue weighted by atomic mass is 16.2. The van der Waals surface area contributed by atoms with E-state index in [-0.39, 0.29) is 11.9 Å². The van der Waals surface area contributed by atoms with Gasteiger partial charge in [0.25, 0.3) is 0 Å². The largest absolute Gasteiger partial charge is 0.338 e. The first-order valence-corrected chi connectivity index (χ1v) is 4.57. The Labute approximate surface area is 73.9 Å². The van der Waals surface area contributed by atoms with E-state index in [0.29, 0.717) is 18.4 Å². The number of likely N-dealkylation sites (tertiary alicyclic amines) is 1. The fraction of sp³-hybridized carbons (Fsp3) is 0.889. The second-order valence-corrected chi connectivity index (χ2v) is 3.99. The van der Waals surface area contributed by atoms with Crippen molar-refractivity contribution in [3.05, 3.63) is 0 Å². The van der Waals surface area contributed by atoms with E-state index in [4.69, 9.17) is 5.73 Å². The van der Waals surface area contributed by atoms with Gasteiger partial charge < -0.3 is 10.6 Å². The molecule has 1 rings (SSSR count). The van der Waals surface area contributed by atoms with Crippen LogP contribution in [0.25, 0.3) is 0 Å².